The third-order valence-corrected chi connectivity index (χ3v) is 5.10. The molecule has 3 rings (SSSR count). The molecule has 6 heteroatoms. The van der Waals surface area contributed by atoms with E-state index in [1.165, 1.54) is 0 Å². The molecule has 1 N–H and O–H groups in total. The van der Waals surface area contributed by atoms with Gasteiger partial charge >= 0.3 is 6.03 Å². The van der Waals surface area contributed by atoms with Crippen molar-refractivity contribution in [3.05, 3.63) is 58.8 Å². The first kappa shape index (κ1) is 17.5. The van der Waals surface area contributed by atoms with Crippen molar-refractivity contribution in [3.63, 3.8) is 0 Å². The van der Waals surface area contributed by atoms with Crippen molar-refractivity contribution in [2.75, 3.05) is 13.1 Å². The van der Waals surface area contributed by atoms with Gasteiger partial charge < -0.3 is 10.2 Å². The zero-order valence-electron chi connectivity index (χ0n) is 14.5. The molecule has 2 aliphatic heterocycles. The lowest BCUT2D eigenvalue weighted by Crippen LogP contribution is -2.47. The number of benzene rings is 1. The molecule has 1 aromatic rings. The van der Waals surface area contributed by atoms with Crippen LogP contribution >= 0.6 is 11.6 Å². The second kappa shape index (κ2) is 6.92. The van der Waals surface area contributed by atoms with Crippen LogP contribution < -0.4 is 5.32 Å². The van der Waals surface area contributed by atoms with E-state index in [2.05, 4.69) is 18.8 Å². The molecule has 0 bridgehead atoms. The Morgan fingerprint density at radius 1 is 1.44 bits per heavy atom. The van der Waals surface area contributed by atoms with E-state index in [4.69, 9.17) is 11.6 Å². The number of urea groups is 1. The minimum atomic E-state index is -0.483. The second-order valence-corrected chi connectivity index (χ2v) is 6.82. The average Bonchev–Trinajstić information content (AvgIpc) is 2.94. The lowest BCUT2D eigenvalue weighted by Gasteiger charge is -2.33. The molecule has 3 amide bonds. The lowest BCUT2D eigenvalue weighted by atomic mass is 9.95. The van der Waals surface area contributed by atoms with Gasteiger partial charge in [0.2, 0.25) is 0 Å². The summed E-state index contributed by atoms with van der Waals surface area (Å²) in [6.45, 7) is 8.61. The summed E-state index contributed by atoms with van der Waals surface area (Å²) in [4.78, 5) is 29.1. The van der Waals surface area contributed by atoms with Crippen LogP contribution in [0.3, 0.4) is 0 Å². The maximum atomic E-state index is 13.1. The Morgan fingerprint density at radius 3 is 2.84 bits per heavy atom. The normalized spacial score (nSPS) is 21.3. The summed E-state index contributed by atoms with van der Waals surface area (Å²) >= 11 is 6.11. The maximum absolute atomic E-state index is 13.1. The Hall–Kier alpha value is -2.27. The van der Waals surface area contributed by atoms with Gasteiger partial charge in [0, 0.05) is 17.6 Å². The molecule has 0 saturated heterocycles. The van der Waals surface area contributed by atoms with Crippen molar-refractivity contribution >= 4 is 23.5 Å². The predicted octanol–water partition coefficient (Wildman–Crippen LogP) is 3.49. The molecule has 0 spiro atoms. The summed E-state index contributed by atoms with van der Waals surface area (Å²) in [6.07, 6.45) is 2.53. The fourth-order valence-corrected chi connectivity index (χ4v) is 3.55. The molecule has 2 aliphatic rings. The molecule has 0 aromatic heterocycles. The van der Waals surface area contributed by atoms with E-state index in [0.29, 0.717) is 23.7 Å². The molecular weight excluding hydrogens is 338 g/mol. The number of hydrogen-bond acceptors (Lipinski definition) is 2. The third kappa shape index (κ3) is 3.04. The molecule has 2 heterocycles. The van der Waals surface area contributed by atoms with E-state index in [0.717, 1.165) is 17.7 Å². The first-order valence-electron chi connectivity index (χ1n) is 8.46. The van der Waals surface area contributed by atoms with Gasteiger partial charge in [0.1, 0.15) is 0 Å². The van der Waals surface area contributed by atoms with Crippen LogP contribution in [0.15, 0.2) is 48.2 Å². The van der Waals surface area contributed by atoms with Gasteiger partial charge in [-0.15, -0.1) is 6.58 Å². The highest BCUT2D eigenvalue weighted by molar-refractivity contribution is 6.30. The second-order valence-electron chi connectivity index (χ2n) is 6.39. The molecule has 5 nitrogen and oxygen atoms in total. The fourth-order valence-electron chi connectivity index (χ4n) is 3.35. The van der Waals surface area contributed by atoms with Crippen molar-refractivity contribution in [1.29, 1.82) is 0 Å². The summed E-state index contributed by atoms with van der Waals surface area (Å²) in [5.74, 6) is -0.0246. The highest BCUT2D eigenvalue weighted by atomic mass is 35.5. The standard InChI is InChI=1S/C19H22ClN3O2/c1-4-9-22-15-11-23(12(3)5-2)18(24)16(15)17(21-19(22)25)13-7-6-8-14(20)10-13/h4,6-8,10,12,17H,1,5,9,11H2,2-3H3,(H,21,25)/t12-,17+/m1/s1. The fraction of sp³-hybridized carbons (Fsp3) is 0.368. The van der Waals surface area contributed by atoms with Crippen molar-refractivity contribution in [2.24, 2.45) is 0 Å². The largest absolute Gasteiger partial charge is 0.330 e. The van der Waals surface area contributed by atoms with Crippen molar-refractivity contribution in [2.45, 2.75) is 32.4 Å². The molecule has 132 valence electrons. The highest BCUT2D eigenvalue weighted by Gasteiger charge is 2.44. The van der Waals surface area contributed by atoms with Gasteiger partial charge in [-0.1, -0.05) is 36.7 Å². The van der Waals surface area contributed by atoms with Crippen molar-refractivity contribution in [3.8, 4) is 0 Å². The lowest BCUT2D eigenvalue weighted by molar-refractivity contribution is -0.127. The number of carbonyl (C=O) groups is 2. The van der Waals surface area contributed by atoms with E-state index in [-0.39, 0.29) is 18.0 Å². The molecule has 0 unspecified atom stereocenters. The number of carbonyl (C=O) groups excluding carboxylic acids is 2. The van der Waals surface area contributed by atoms with E-state index < -0.39 is 6.04 Å². The molecule has 2 atom stereocenters. The van der Waals surface area contributed by atoms with Gasteiger partial charge in [0.25, 0.3) is 5.91 Å². The molecule has 0 saturated carbocycles. The third-order valence-electron chi connectivity index (χ3n) is 4.87. The van der Waals surface area contributed by atoms with Gasteiger partial charge in [-0.05, 0) is 31.0 Å². The Bertz CT molecular complexity index is 759. The number of nitrogens with zero attached hydrogens (tertiary/aromatic N) is 2. The zero-order chi connectivity index (χ0) is 18.1. The van der Waals surface area contributed by atoms with E-state index in [1.54, 1.807) is 23.1 Å². The SMILES string of the molecule is C=CCN1C(=O)N[C@@H](c2cccc(Cl)c2)C2=C1CN([C@H](C)CC)C2=O. The molecule has 25 heavy (non-hydrogen) atoms. The highest BCUT2D eigenvalue weighted by Crippen LogP contribution is 2.37. The van der Waals surface area contributed by atoms with Crippen molar-refractivity contribution in [1.82, 2.24) is 15.1 Å². The van der Waals surface area contributed by atoms with Gasteiger partial charge in [-0.2, -0.15) is 0 Å². The zero-order valence-corrected chi connectivity index (χ0v) is 15.2. The molecule has 1 aromatic carbocycles. The van der Waals surface area contributed by atoms with Gasteiger partial charge in [-0.3, -0.25) is 9.69 Å². The number of halogens is 1. The number of hydrogen-bond donors (Lipinski definition) is 1. The number of nitrogens with one attached hydrogen (secondary N) is 1. The van der Waals surface area contributed by atoms with Crippen LogP contribution in [0.1, 0.15) is 31.9 Å². The molecule has 0 fully saturated rings. The molecule has 0 aliphatic carbocycles. The molecular formula is C19H22ClN3O2. The average molecular weight is 360 g/mol. The summed E-state index contributed by atoms with van der Waals surface area (Å²) in [5.41, 5.74) is 2.20. The van der Waals surface area contributed by atoms with Gasteiger partial charge in [-0.25, -0.2) is 4.79 Å². The summed E-state index contributed by atoms with van der Waals surface area (Å²) in [6, 6.07) is 6.68. The Morgan fingerprint density at radius 2 is 2.20 bits per heavy atom. The van der Waals surface area contributed by atoms with E-state index >= 15 is 0 Å². The number of amides is 3. The quantitative estimate of drug-likeness (QED) is 0.818. The minimum Gasteiger partial charge on any atom is -0.330 e. The van der Waals surface area contributed by atoms with Crippen LogP contribution in [0.2, 0.25) is 5.02 Å². The Kier molecular flexibility index (Phi) is 4.86. The van der Waals surface area contributed by atoms with Crippen LogP contribution in [0.5, 0.6) is 0 Å². The monoisotopic (exact) mass is 359 g/mol. The van der Waals surface area contributed by atoms with Crippen LogP contribution in [0.25, 0.3) is 0 Å². The minimum absolute atomic E-state index is 0.0246. The Labute approximate surface area is 152 Å². The first-order valence-corrected chi connectivity index (χ1v) is 8.84. The van der Waals surface area contributed by atoms with Gasteiger partial charge in [0.05, 0.1) is 23.9 Å². The Balaban J connectivity index is 2.07. The topological polar surface area (TPSA) is 52.7 Å². The van der Waals surface area contributed by atoms with Crippen LogP contribution in [0, 0.1) is 0 Å². The van der Waals surface area contributed by atoms with E-state index in [9.17, 15) is 9.59 Å². The number of rotatable bonds is 5. The van der Waals surface area contributed by atoms with Crippen LogP contribution in [-0.4, -0.2) is 40.9 Å². The van der Waals surface area contributed by atoms with Crippen LogP contribution in [0.4, 0.5) is 4.79 Å². The predicted molar refractivity (Wildman–Crippen MR) is 98.1 cm³/mol. The van der Waals surface area contributed by atoms with Gasteiger partial charge in [0.15, 0.2) is 0 Å². The smallest absolute Gasteiger partial charge is 0.322 e. The summed E-state index contributed by atoms with van der Waals surface area (Å²) in [7, 11) is 0. The summed E-state index contributed by atoms with van der Waals surface area (Å²) < 4.78 is 0. The summed E-state index contributed by atoms with van der Waals surface area (Å²) in [5, 5.41) is 3.52. The first-order chi connectivity index (χ1) is 12.0. The molecule has 0 radical (unpaired) electrons. The van der Waals surface area contributed by atoms with E-state index in [1.807, 2.05) is 24.0 Å². The maximum Gasteiger partial charge on any atom is 0.322 e. The van der Waals surface area contributed by atoms with Crippen molar-refractivity contribution < 1.29 is 9.59 Å². The van der Waals surface area contributed by atoms with Crippen LogP contribution in [-0.2, 0) is 4.79 Å².